The van der Waals surface area contributed by atoms with E-state index in [1.807, 2.05) is 6.92 Å². The number of carbonyl (C=O) groups excluding carboxylic acids is 2. The number of nitrogens with zero attached hydrogens (tertiary/aromatic N) is 1. The number of guanidine groups is 1. The molecule has 4 saturated carbocycles. The Kier molecular flexibility index (Phi) is 10.3. The number of carbonyl (C=O) groups is 2. The number of fused-ring (bicyclic) bond motifs is 5. The van der Waals surface area contributed by atoms with Crippen molar-refractivity contribution in [3.8, 4) is 0 Å². The van der Waals surface area contributed by atoms with E-state index in [0.29, 0.717) is 67.9 Å². The van der Waals surface area contributed by atoms with E-state index in [9.17, 15) is 14.7 Å². The summed E-state index contributed by atoms with van der Waals surface area (Å²) in [6, 6.07) is -0.456. The number of aliphatic hydroxyl groups is 1. The van der Waals surface area contributed by atoms with Crippen LogP contribution in [0.4, 0.5) is 0 Å². The van der Waals surface area contributed by atoms with Gasteiger partial charge >= 0.3 is 5.97 Å². The smallest absolute Gasteiger partial charge is 0.305 e. The van der Waals surface area contributed by atoms with E-state index in [-0.39, 0.29) is 40.8 Å². The number of aliphatic hydroxyl groups excluding tert-OH is 1. The van der Waals surface area contributed by atoms with Crippen LogP contribution in [0.3, 0.4) is 0 Å². The van der Waals surface area contributed by atoms with Crippen molar-refractivity contribution in [2.75, 3.05) is 13.2 Å². The number of rotatable bonds is 11. The van der Waals surface area contributed by atoms with E-state index in [2.05, 4.69) is 31.1 Å². The van der Waals surface area contributed by atoms with E-state index in [1.165, 1.54) is 25.7 Å². The Morgan fingerprint density at radius 2 is 1.76 bits per heavy atom. The average molecular weight is 576 g/mol. The molecule has 0 aromatic carbocycles. The summed E-state index contributed by atoms with van der Waals surface area (Å²) in [6.45, 7) is 10.1. The first-order valence-electron chi connectivity index (χ1n) is 16.4. The van der Waals surface area contributed by atoms with Gasteiger partial charge in [-0.05, 0) is 124 Å². The highest BCUT2D eigenvalue weighted by Gasteiger charge is 2.62. The zero-order chi connectivity index (χ0) is 29.9. The second kappa shape index (κ2) is 13.2. The topological polar surface area (TPSA) is 166 Å². The summed E-state index contributed by atoms with van der Waals surface area (Å²) < 4.78 is 5.19. The molecule has 8 N–H and O–H groups in total. The molecule has 0 radical (unpaired) electrons. The molecule has 0 spiro atoms. The maximum Gasteiger partial charge on any atom is 0.305 e. The number of amides is 1. The largest absolute Gasteiger partial charge is 0.466 e. The monoisotopic (exact) mass is 575 g/mol. The number of nitrogens with two attached hydrogens (primary N) is 3. The van der Waals surface area contributed by atoms with Gasteiger partial charge in [-0.3, -0.25) is 14.6 Å². The predicted molar refractivity (Wildman–Crippen MR) is 161 cm³/mol. The van der Waals surface area contributed by atoms with Crippen molar-refractivity contribution in [2.45, 2.75) is 123 Å². The zero-order valence-corrected chi connectivity index (χ0v) is 25.9. The third kappa shape index (κ3) is 6.71. The lowest BCUT2D eigenvalue weighted by atomic mass is 9.43. The van der Waals surface area contributed by atoms with Gasteiger partial charge in [0.15, 0.2) is 5.96 Å². The molecule has 11 atom stereocenters. The van der Waals surface area contributed by atoms with Gasteiger partial charge in [0.05, 0.1) is 18.8 Å². The van der Waals surface area contributed by atoms with Gasteiger partial charge in [-0.25, -0.2) is 0 Å². The fourth-order valence-corrected chi connectivity index (χ4v) is 10.1. The molecule has 4 fully saturated rings. The minimum Gasteiger partial charge on any atom is -0.466 e. The Morgan fingerprint density at radius 3 is 2.46 bits per heavy atom. The average Bonchev–Trinajstić information content (AvgIpc) is 3.27. The van der Waals surface area contributed by atoms with Crippen LogP contribution in [0.1, 0.15) is 105 Å². The van der Waals surface area contributed by atoms with Gasteiger partial charge in [0.25, 0.3) is 0 Å². The van der Waals surface area contributed by atoms with E-state index in [1.54, 1.807) is 0 Å². The van der Waals surface area contributed by atoms with Gasteiger partial charge in [-0.15, -0.1) is 0 Å². The fraction of sp³-hybridized carbons (Fsp3) is 0.906. The lowest BCUT2D eigenvalue weighted by molar-refractivity contribution is -0.167. The lowest BCUT2D eigenvalue weighted by Gasteiger charge is -2.62. The highest BCUT2D eigenvalue weighted by Crippen LogP contribution is 2.68. The first-order valence-corrected chi connectivity index (χ1v) is 16.4. The summed E-state index contributed by atoms with van der Waals surface area (Å²) in [7, 11) is 0. The van der Waals surface area contributed by atoms with Crippen molar-refractivity contribution in [1.29, 1.82) is 0 Å². The normalized spacial score (nSPS) is 39.4. The van der Waals surface area contributed by atoms with Gasteiger partial charge in [-0.1, -0.05) is 20.8 Å². The molecule has 4 aliphatic rings. The van der Waals surface area contributed by atoms with Gasteiger partial charge in [0.1, 0.15) is 0 Å². The Bertz CT molecular complexity index is 956. The number of hydrogen-bond acceptors (Lipinski definition) is 6. The molecule has 4 rings (SSSR count). The Morgan fingerprint density at radius 1 is 1.05 bits per heavy atom. The third-order valence-corrected chi connectivity index (χ3v) is 12.2. The maximum absolute atomic E-state index is 12.8. The van der Waals surface area contributed by atoms with Crippen LogP contribution < -0.4 is 22.5 Å². The van der Waals surface area contributed by atoms with Crippen LogP contribution in [0.5, 0.6) is 0 Å². The summed E-state index contributed by atoms with van der Waals surface area (Å²) in [4.78, 5) is 28.8. The minimum absolute atomic E-state index is 0.0566. The highest BCUT2D eigenvalue weighted by atomic mass is 16.5. The molecule has 9 nitrogen and oxygen atoms in total. The quantitative estimate of drug-likeness (QED) is 0.109. The molecule has 0 heterocycles. The molecule has 9 heteroatoms. The zero-order valence-electron chi connectivity index (χ0n) is 25.9. The number of aliphatic imine (C=N–C) groups is 1. The van der Waals surface area contributed by atoms with Crippen LogP contribution >= 0.6 is 0 Å². The first-order chi connectivity index (χ1) is 19.4. The highest BCUT2D eigenvalue weighted by molar-refractivity contribution is 5.81. The third-order valence-electron chi connectivity index (χ3n) is 12.2. The molecule has 0 aromatic heterocycles. The Labute approximate surface area is 247 Å². The van der Waals surface area contributed by atoms with Crippen LogP contribution in [-0.2, 0) is 14.3 Å². The minimum atomic E-state index is -0.565. The molecular formula is C32H57N5O4. The fourth-order valence-electron chi connectivity index (χ4n) is 10.1. The van der Waals surface area contributed by atoms with Crippen molar-refractivity contribution in [3.05, 3.63) is 0 Å². The SMILES string of the molecule is CCOC(=O)CC[C@@H](C)C1CC[C@H]2[C@@H]3[C@H](O)C[C@@H]4C[C@H](NC(=O)[C@@H](N)CCCN=C(N)N)CC[C@]4(C)[C@H]3CC[C@]12C. The van der Waals surface area contributed by atoms with Crippen molar-refractivity contribution in [3.63, 3.8) is 0 Å². The van der Waals surface area contributed by atoms with Crippen LogP contribution in [0.15, 0.2) is 4.99 Å². The van der Waals surface area contributed by atoms with Crippen molar-refractivity contribution in [1.82, 2.24) is 5.32 Å². The van der Waals surface area contributed by atoms with Crippen LogP contribution in [-0.4, -0.2) is 54.3 Å². The van der Waals surface area contributed by atoms with E-state index in [0.717, 1.165) is 32.1 Å². The van der Waals surface area contributed by atoms with Crippen LogP contribution in [0.2, 0.25) is 0 Å². The molecule has 41 heavy (non-hydrogen) atoms. The van der Waals surface area contributed by atoms with E-state index >= 15 is 0 Å². The van der Waals surface area contributed by atoms with E-state index in [4.69, 9.17) is 21.9 Å². The van der Waals surface area contributed by atoms with Crippen molar-refractivity contribution < 1.29 is 19.4 Å². The summed E-state index contributed by atoms with van der Waals surface area (Å²) in [5, 5.41) is 14.9. The Balaban J connectivity index is 1.36. The molecule has 1 amide bonds. The molecular weight excluding hydrogens is 518 g/mol. The lowest BCUT2D eigenvalue weighted by Crippen LogP contribution is -2.60. The van der Waals surface area contributed by atoms with Gasteiger partial charge in [-0.2, -0.15) is 0 Å². The predicted octanol–water partition coefficient (Wildman–Crippen LogP) is 3.46. The molecule has 4 aliphatic carbocycles. The van der Waals surface area contributed by atoms with Gasteiger partial charge in [0.2, 0.25) is 5.91 Å². The molecule has 0 aliphatic heterocycles. The molecule has 234 valence electrons. The standard InChI is InChI=1S/C32H57N5O4/c1-5-41-27(39)11-8-19(2)22-9-10-23-28-24(13-15-32(22,23)4)31(3)14-12-21(17-20(31)18-26(28)38)37-29(40)25(33)7-6-16-36-30(34)35/h19-26,28,38H,5-18,33H2,1-4H3,(H,37,40)(H4,34,35,36)/t19-,20+,21-,22?,23+,24+,25+,26-,28+,31+,32-/m1/s1. The maximum atomic E-state index is 12.8. The molecule has 0 bridgehead atoms. The summed E-state index contributed by atoms with van der Waals surface area (Å²) in [5.74, 6) is 2.77. The number of ether oxygens (including phenoxy) is 1. The second-order valence-corrected chi connectivity index (χ2v) is 14.4. The molecule has 0 saturated heterocycles. The Hall–Kier alpha value is -1.87. The first kappa shape index (κ1) is 32.1. The summed E-state index contributed by atoms with van der Waals surface area (Å²) >= 11 is 0. The van der Waals surface area contributed by atoms with Gasteiger partial charge < -0.3 is 32.4 Å². The van der Waals surface area contributed by atoms with Gasteiger partial charge in [0, 0.05) is 19.0 Å². The summed E-state index contributed by atoms with van der Waals surface area (Å²) in [5.41, 5.74) is 17.3. The second-order valence-electron chi connectivity index (χ2n) is 14.4. The molecule has 1 unspecified atom stereocenters. The van der Waals surface area contributed by atoms with Crippen LogP contribution in [0.25, 0.3) is 0 Å². The van der Waals surface area contributed by atoms with Crippen molar-refractivity contribution in [2.24, 2.45) is 68.5 Å². The number of esters is 1. The molecule has 0 aromatic rings. The van der Waals surface area contributed by atoms with Crippen LogP contribution in [0, 0.1) is 46.3 Å². The number of nitrogens with one attached hydrogen (secondary N) is 1. The summed E-state index contributed by atoms with van der Waals surface area (Å²) in [6.07, 6.45) is 10.8. The van der Waals surface area contributed by atoms with E-state index < -0.39 is 6.04 Å². The van der Waals surface area contributed by atoms with Crippen molar-refractivity contribution >= 4 is 17.8 Å². The number of hydrogen-bond donors (Lipinski definition) is 5.